The van der Waals surface area contributed by atoms with Crippen LogP contribution in [-0.4, -0.2) is 36.4 Å². The van der Waals surface area contributed by atoms with Crippen LogP contribution in [0.3, 0.4) is 0 Å². The predicted molar refractivity (Wildman–Crippen MR) is 92.2 cm³/mol. The zero-order valence-corrected chi connectivity index (χ0v) is 14.4. The molecule has 0 radical (unpaired) electrons. The third-order valence-electron chi connectivity index (χ3n) is 3.14. The zero-order valence-electron chi connectivity index (χ0n) is 13.6. The van der Waals surface area contributed by atoms with Gasteiger partial charge in [0.1, 0.15) is 11.4 Å². The van der Waals surface area contributed by atoms with Crippen molar-refractivity contribution in [2.24, 2.45) is 0 Å². The standard InChI is InChI=1S/C16H24N2O3S/c1-16(2,3)21-15(19)18-13-6-5-11(9-14(13)20-4)17-12-7-8-22-10-12/h5-6,9,12,17H,7-8,10H2,1-4H3,(H,18,19). The van der Waals surface area contributed by atoms with Gasteiger partial charge < -0.3 is 14.8 Å². The molecule has 1 heterocycles. The van der Waals surface area contributed by atoms with Crippen molar-refractivity contribution in [1.29, 1.82) is 0 Å². The van der Waals surface area contributed by atoms with Crippen molar-refractivity contribution in [3.05, 3.63) is 18.2 Å². The van der Waals surface area contributed by atoms with Crippen molar-refractivity contribution < 1.29 is 14.3 Å². The summed E-state index contributed by atoms with van der Waals surface area (Å²) in [6.07, 6.45) is 0.684. The molecule has 2 N–H and O–H groups in total. The van der Waals surface area contributed by atoms with Crippen LogP contribution in [0.5, 0.6) is 5.75 Å². The Bertz CT molecular complexity index is 523. The number of methoxy groups -OCH3 is 1. The molecule has 122 valence electrons. The van der Waals surface area contributed by atoms with Crippen LogP contribution in [-0.2, 0) is 4.74 Å². The molecule has 1 saturated heterocycles. The summed E-state index contributed by atoms with van der Waals surface area (Å²) >= 11 is 1.96. The first-order chi connectivity index (χ1) is 10.4. The number of benzene rings is 1. The Morgan fingerprint density at radius 1 is 1.36 bits per heavy atom. The number of carbonyl (C=O) groups is 1. The highest BCUT2D eigenvalue weighted by molar-refractivity contribution is 7.99. The molecule has 1 aromatic rings. The summed E-state index contributed by atoms with van der Waals surface area (Å²) in [6, 6.07) is 6.17. The highest BCUT2D eigenvalue weighted by Gasteiger charge is 2.19. The average Bonchev–Trinajstić information content (AvgIpc) is 2.91. The van der Waals surface area contributed by atoms with Crippen LogP contribution in [0.15, 0.2) is 18.2 Å². The lowest BCUT2D eigenvalue weighted by Crippen LogP contribution is -2.27. The first-order valence-electron chi connectivity index (χ1n) is 7.40. The second kappa shape index (κ2) is 7.13. The van der Waals surface area contributed by atoms with Gasteiger partial charge in [-0.3, -0.25) is 5.32 Å². The van der Waals surface area contributed by atoms with Gasteiger partial charge in [-0.1, -0.05) is 0 Å². The minimum atomic E-state index is -0.529. The van der Waals surface area contributed by atoms with E-state index in [9.17, 15) is 4.79 Å². The van der Waals surface area contributed by atoms with Gasteiger partial charge in [0.15, 0.2) is 0 Å². The fraction of sp³-hybridized carbons (Fsp3) is 0.562. The van der Waals surface area contributed by atoms with E-state index in [1.165, 1.54) is 12.2 Å². The van der Waals surface area contributed by atoms with Crippen molar-refractivity contribution >= 4 is 29.2 Å². The van der Waals surface area contributed by atoms with E-state index in [0.29, 0.717) is 17.5 Å². The first kappa shape index (κ1) is 16.8. The Labute approximate surface area is 136 Å². The van der Waals surface area contributed by atoms with Gasteiger partial charge in [0.25, 0.3) is 0 Å². The van der Waals surface area contributed by atoms with Crippen molar-refractivity contribution in [2.75, 3.05) is 29.2 Å². The predicted octanol–water partition coefficient (Wildman–Crippen LogP) is 3.96. The molecule has 22 heavy (non-hydrogen) atoms. The fourth-order valence-electron chi connectivity index (χ4n) is 2.18. The largest absolute Gasteiger partial charge is 0.494 e. The van der Waals surface area contributed by atoms with Gasteiger partial charge in [0.05, 0.1) is 12.8 Å². The molecule has 0 spiro atoms. The molecule has 1 aromatic carbocycles. The van der Waals surface area contributed by atoms with E-state index < -0.39 is 11.7 Å². The second-order valence-corrected chi connectivity index (χ2v) is 7.40. The Hall–Kier alpha value is -1.56. The second-order valence-electron chi connectivity index (χ2n) is 6.25. The van der Waals surface area contributed by atoms with Crippen LogP contribution in [0.4, 0.5) is 16.2 Å². The lowest BCUT2D eigenvalue weighted by molar-refractivity contribution is 0.0635. The normalized spacial score (nSPS) is 17.9. The van der Waals surface area contributed by atoms with Crippen molar-refractivity contribution in [3.8, 4) is 5.75 Å². The van der Waals surface area contributed by atoms with Crippen LogP contribution in [0, 0.1) is 0 Å². The van der Waals surface area contributed by atoms with Crippen molar-refractivity contribution in [1.82, 2.24) is 0 Å². The average molecular weight is 324 g/mol. The van der Waals surface area contributed by atoms with Gasteiger partial charge in [-0.05, 0) is 45.1 Å². The van der Waals surface area contributed by atoms with Gasteiger partial charge in [-0.25, -0.2) is 4.79 Å². The van der Waals surface area contributed by atoms with Crippen molar-refractivity contribution in [2.45, 2.75) is 38.8 Å². The van der Waals surface area contributed by atoms with Crippen molar-refractivity contribution in [3.63, 3.8) is 0 Å². The third kappa shape index (κ3) is 5.02. The smallest absolute Gasteiger partial charge is 0.412 e. The van der Waals surface area contributed by atoms with Crippen LogP contribution in [0.25, 0.3) is 0 Å². The number of hydrogen-bond donors (Lipinski definition) is 2. The SMILES string of the molecule is COc1cc(NC2CCSC2)ccc1NC(=O)OC(C)(C)C. The quantitative estimate of drug-likeness (QED) is 0.878. The van der Waals surface area contributed by atoms with E-state index in [1.54, 1.807) is 7.11 Å². The highest BCUT2D eigenvalue weighted by atomic mass is 32.2. The van der Waals surface area contributed by atoms with E-state index in [1.807, 2.05) is 50.7 Å². The molecule has 5 nitrogen and oxygen atoms in total. The molecule has 1 atom stereocenters. The zero-order chi connectivity index (χ0) is 16.2. The molecule has 2 rings (SSSR count). The van der Waals surface area contributed by atoms with Gasteiger partial charge in [-0.2, -0.15) is 11.8 Å². The number of carbonyl (C=O) groups excluding carboxylic acids is 1. The van der Waals surface area contributed by atoms with E-state index in [4.69, 9.17) is 9.47 Å². The molecule has 1 unspecified atom stereocenters. The summed E-state index contributed by atoms with van der Waals surface area (Å²) in [6.45, 7) is 5.49. The maximum Gasteiger partial charge on any atom is 0.412 e. The fourth-order valence-corrected chi connectivity index (χ4v) is 3.33. The lowest BCUT2D eigenvalue weighted by Gasteiger charge is -2.21. The maximum absolute atomic E-state index is 11.9. The van der Waals surface area contributed by atoms with Gasteiger partial charge in [-0.15, -0.1) is 0 Å². The Morgan fingerprint density at radius 2 is 2.14 bits per heavy atom. The Kier molecular flexibility index (Phi) is 5.45. The van der Waals surface area contributed by atoms with Crippen LogP contribution < -0.4 is 15.4 Å². The molecule has 1 aliphatic rings. The summed E-state index contributed by atoms with van der Waals surface area (Å²) < 4.78 is 10.6. The minimum Gasteiger partial charge on any atom is -0.494 e. The minimum absolute atomic E-state index is 0.487. The summed E-state index contributed by atoms with van der Waals surface area (Å²) in [5.41, 5.74) is 1.07. The van der Waals surface area contributed by atoms with Gasteiger partial charge >= 0.3 is 6.09 Å². The maximum atomic E-state index is 11.9. The molecular weight excluding hydrogens is 300 g/mol. The third-order valence-corrected chi connectivity index (χ3v) is 4.30. The monoisotopic (exact) mass is 324 g/mol. The van der Waals surface area contributed by atoms with E-state index in [-0.39, 0.29) is 0 Å². The van der Waals surface area contributed by atoms with E-state index >= 15 is 0 Å². The van der Waals surface area contributed by atoms with E-state index in [2.05, 4.69) is 10.6 Å². The number of rotatable bonds is 4. The molecular formula is C16H24N2O3S. The summed E-state index contributed by atoms with van der Waals surface area (Å²) in [7, 11) is 1.59. The molecule has 0 saturated carbocycles. The molecule has 1 aliphatic heterocycles. The lowest BCUT2D eigenvalue weighted by atomic mass is 10.2. The number of amides is 1. The summed E-state index contributed by atoms with van der Waals surface area (Å²) in [5, 5.41) is 6.21. The molecule has 0 aromatic heterocycles. The van der Waals surface area contributed by atoms with Gasteiger partial charge in [0, 0.05) is 23.5 Å². The molecule has 0 aliphatic carbocycles. The van der Waals surface area contributed by atoms with Crippen LogP contribution in [0.1, 0.15) is 27.2 Å². The van der Waals surface area contributed by atoms with Crippen LogP contribution >= 0.6 is 11.8 Å². The summed E-state index contributed by atoms with van der Waals surface area (Å²) in [4.78, 5) is 11.9. The topological polar surface area (TPSA) is 59.6 Å². The van der Waals surface area contributed by atoms with Crippen LogP contribution in [0.2, 0.25) is 0 Å². The number of nitrogens with one attached hydrogen (secondary N) is 2. The number of ether oxygens (including phenoxy) is 2. The Morgan fingerprint density at radius 3 is 2.73 bits per heavy atom. The number of anilines is 2. The number of hydrogen-bond acceptors (Lipinski definition) is 5. The number of thioether (sulfide) groups is 1. The molecule has 0 bridgehead atoms. The highest BCUT2D eigenvalue weighted by Crippen LogP contribution is 2.30. The van der Waals surface area contributed by atoms with E-state index in [0.717, 1.165) is 11.4 Å². The molecule has 6 heteroatoms. The Balaban J connectivity index is 2.03. The first-order valence-corrected chi connectivity index (χ1v) is 8.55. The molecule has 1 amide bonds. The molecule has 1 fully saturated rings. The van der Waals surface area contributed by atoms with Gasteiger partial charge in [0.2, 0.25) is 0 Å². The summed E-state index contributed by atoms with van der Waals surface area (Å²) in [5.74, 6) is 2.94.